The number of aromatic hydroxyl groups is 1. The van der Waals surface area contributed by atoms with E-state index in [-0.39, 0.29) is 12.2 Å². The van der Waals surface area contributed by atoms with E-state index in [1.165, 1.54) is 6.07 Å². The van der Waals surface area contributed by atoms with Crippen LogP contribution in [0.2, 0.25) is 0 Å². The molecule has 0 amide bonds. The van der Waals surface area contributed by atoms with Gasteiger partial charge in [0.15, 0.2) is 6.10 Å². The maximum Gasteiger partial charge on any atom is 0.332 e. The van der Waals surface area contributed by atoms with Gasteiger partial charge in [-0.15, -0.1) is 0 Å². The second-order valence-corrected chi connectivity index (χ2v) is 3.65. The SMILES string of the molecule is O=C(O)C(O)Cc1c(O)cccc1Br. The van der Waals surface area contributed by atoms with Crippen LogP contribution < -0.4 is 0 Å². The Labute approximate surface area is 88.9 Å². The molecule has 0 aromatic heterocycles. The molecule has 0 saturated carbocycles. The van der Waals surface area contributed by atoms with E-state index >= 15 is 0 Å². The van der Waals surface area contributed by atoms with Gasteiger partial charge in [0.2, 0.25) is 0 Å². The van der Waals surface area contributed by atoms with Gasteiger partial charge in [-0.1, -0.05) is 22.0 Å². The molecule has 0 aliphatic carbocycles. The van der Waals surface area contributed by atoms with Crippen LogP contribution in [0.5, 0.6) is 5.75 Å². The van der Waals surface area contributed by atoms with Crippen LogP contribution in [0, 0.1) is 0 Å². The number of aliphatic hydroxyl groups is 1. The average molecular weight is 261 g/mol. The van der Waals surface area contributed by atoms with Crippen molar-refractivity contribution in [2.75, 3.05) is 0 Å². The molecule has 1 unspecified atom stereocenters. The summed E-state index contributed by atoms with van der Waals surface area (Å²) in [5, 5.41) is 27.0. The molecule has 0 radical (unpaired) electrons. The third kappa shape index (κ3) is 2.46. The lowest BCUT2D eigenvalue weighted by Gasteiger charge is -2.09. The molecule has 14 heavy (non-hydrogen) atoms. The number of hydrogen-bond donors (Lipinski definition) is 3. The number of halogens is 1. The number of phenols is 1. The van der Waals surface area contributed by atoms with Crippen LogP contribution in [0.4, 0.5) is 0 Å². The fourth-order valence-corrected chi connectivity index (χ4v) is 1.55. The van der Waals surface area contributed by atoms with Gasteiger partial charge in [0.05, 0.1) is 0 Å². The van der Waals surface area contributed by atoms with Crippen molar-refractivity contribution < 1.29 is 20.1 Å². The minimum absolute atomic E-state index is 0.0281. The predicted molar refractivity (Wildman–Crippen MR) is 53.2 cm³/mol. The lowest BCUT2D eigenvalue weighted by atomic mass is 10.1. The summed E-state index contributed by atoms with van der Waals surface area (Å²) in [6.07, 6.45) is -1.62. The van der Waals surface area contributed by atoms with Crippen LogP contribution in [-0.2, 0) is 11.2 Å². The van der Waals surface area contributed by atoms with Gasteiger partial charge in [0.25, 0.3) is 0 Å². The molecular formula is C9H9BrO4. The molecule has 1 atom stereocenters. The van der Waals surface area contributed by atoms with Crippen molar-refractivity contribution in [2.24, 2.45) is 0 Å². The topological polar surface area (TPSA) is 77.8 Å². The molecule has 1 aromatic rings. The normalized spacial score (nSPS) is 12.4. The molecule has 0 saturated heterocycles. The highest BCUT2D eigenvalue weighted by atomic mass is 79.9. The van der Waals surface area contributed by atoms with Crippen LogP contribution in [0.15, 0.2) is 22.7 Å². The number of aliphatic hydroxyl groups excluding tert-OH is 1. The van der Waals surface area contributed by atoms with Gasteiger partial charge in [-0.2, -0.15) is 0 Å². The van der Waals surface area contributed by atoms with E-state index in [0.29, 0.717) is 10.0 Å². The Morgan fingerprint density at radius 1 is 1.50 bits per heavy atom. The molecule has 1 aromatic carbocycles. The van der Waals surface area contributed by atoms with Gasteiger partial charge >= 0.3 is 5.97 Å². The molecule has 0 aliphatic heterocycles. The highest BCUT2D eigenvalue weighted by Crippen LogP contribution is 2.26. The van der Waals surface area contributed by atoms with Gasteiger partial charge in [0, 0.05) is 16.5 Å². The smallest absolute Gasteiger partial charge is 0.332 e. The summed E-state index contributed by atoms with van der Waals surface area (Å²) < 4.78 is 0.581. The van der Waals surface area contributed by atoms with Crippen molar-refractivity contribution >= 4 is 21.9 Å². The summed E-state index contributed by atoms with van der Waals surface area (Å²) >= 11 is 3.16. The summed E-state index contributed by atoms with van der Waals surface area (Å²) in [6.45, 7) is 0. The maximum absolute atomic E-state index is 10.4. The van der Waals surface area contributed by atoms with E-state index < -0.39 is 12.1 Å². The second-order valence-electron chi connectivity index (χ2n) is 2.80. The number of carbonyl (C=O) groups is 1. The summed E-state index contributed by atoms with van der Waals surface area (Å²) in [5.74, 6) is -1.33. The molecule has 0 spiro atoms. The zero-order chi connectivity index (χ0) is 10.7. The van der Waals surface area contributed by atoms with Gasteiger partial charge in [-0.25, -0.2) is 4.79 Å². The molecule has 0 aliphatic rings. The zero-order valence-electron chi connectivity index (χ0n) is 7.14. The van der Waals surface area contributed by atoms with Crippen LogP contribution in [-0.4, -0.2) is 27.4 Å². The summed E-state index contributed by atoms with van der Waals surface area (Å²) in [6, 6.07) is 4.73. The molecular weight excluding hydrogens is 252 g/mol. The summed E-state index contributed by atoms with van der Waals surface area (Å²) in [5.41, 5.74) is 0.391. The van der Waals surface area contributed by atoms with Crippen molar-refractivity contribution in [2.45, 2.75) is 12.5 Å². The van der Waals surface area contributed by atoms with E-state index in [1.807, 2.05) is 0 Å². The van der Waals surface area contributed by atoms with E-state index in [2.05, 4.69) is 15.9 Å². The number of aliphatic carboxylic acids is 1. The fourth-order valence-electron chi connectivity index (χ4n) is 1.03. The van der Waals surface area contributed by atoms with Gasteiger partial charge in [-0.3, -0.25) is 0 Å². The molecule has 0 bridgehead atoms. The summed E-state index contributed by atoms with van der Waals surface area (Å²) in [4.78, 5) is 10.4. The van der Waals surface area contributed by atoms with Gasteiger partial charge < -0.3 is 15.3 Å². The van der Waals surface area contributed by atoms with Gasteiger partial charge in [-0.05, 0) is 12.1 Å². The average Bonchev–Trinajstić information content (AvgIpc) is 2.11. The van der Waals surface area contributed by atoms with Crippen molar-refractivity contribution in [3.05, 3.63) is 28.2 Å². The Balaban J connectivity index is 2.91. The number of rotatable bonds is 3. The molecule has 0 fully saturated rings. The molecule has 4 nitrogen and oxygen atoms in total. The quantitative estimate of drug-likeness (QED) is 0.762. The van der Waals surface area contributed by atoms with E-state index in [0.717, 1.165) is 0 Å². The highest BCUT2D eigenvalue weighted by molar-refractivity contribution is 9.10. The Morgan fingerprint density at radius 2 is 2.14 bits per heavy atom. The fraction of sp³-hybridized carbons (Fsp3) is 0.222. The number of carboxylic acids is 1. The number of benzene rings is 1. The standard InChI is InChI=1S/C9H9BrO4/c10-6-2-1-3-7(11)5(6)4-8(12)9(13)14/h1-3,8,11-12H,4H2,(H,13,14). The summed E-state index contributed by atoms with van der Waals surface area (Å²) in [7, 11) is 0. The Bertz CT molecular complexity index is 330. The van der Waals surface area contributed by atoms with Gasteiger partial charge in [0.1, 0.15) is 5.75 Å². The molecule has 76 valence electrons. The highest BCUT2D eigenvalue weighted by Gasteiger charge is 2.17. The van der Waals surface area contributed by atoms with E-state index in [4.69, 9.17) is 10.2 Å². The van der Waals surface area contributed by atoms with Crippen molar-refractivity contribution in [3.63, 3.8) is 0 Å². The molecule has 5 heteroatoms. The first kappa shape index (κ1) is 11.0. The lowest BCUT2D eigenvalue weighted by molar-refractivity contribution is -0.146. The Morgan fingerprint density at radius 3 is 2.64 bits per heavy atom. The van der Waals surface area contributed by atoms with Crippen molar-refractivity contribution in [1.82, 2.24) is 0 Å². The first-order valence-electron chi connectivity index (χ1n) is 3.89. The minimum atomic E-state index is -1.50. The van der Waals surface area contributed by atoms with Crippen LogP contribution >= 0.6 is 15.9 Å². The number of phenolic OH excluding ortho intramolecular Hbond substituents is 1. The zero-order valence-corrected chi connectivity index (χ0v) is 8.73. The van der Waals surface area contributed by atoms with E-state index in [1.54, 1.807) is 12.1 Å². The van der Waals surface area contributed by atoms with Crippen LogP contribution in [0.25, 0.3) is 0 Å². The first-order chi connectivity index (χ1) is 6.52. The Kier molecular flexibility index (Phi) is 3.49. The molecule has 3 N–H and O–H groups in total. The predicted octanol–water partition coefficient (Wildman–Crippen LogP) is 1.14. The van der Waals surface area contributed by atoms with E-state index in [9.17, 15) is 9.90 Å². The molecule has 1 rings (SSSR count). The lowest BCUT2D eigenvalue weighted by Crippen LogP contribution is -2.22. The van der Waals surface area contributed by atoms with Crippen molar-refractivity contribution in [1.29, 1.82) is 0 Å². The first-order valence-corrected chi connectivity index (χ1v) is 4.69. The largest absolute Gasteiger partial charge is 0.508 e. The second kappa shape index (κ2) is 4.43. The maximum atomic E-state index is 10.4. The number of hydrogen-bond acceptors (Lipinski definition) is 3. The minimum Gasteiger partial charge on any atom is -0.508 e. The third-order valence-corrected chi connectivity index (χ3v) is 2.52. The third-order valence-electron chi connectivity index (χ3n) is 1.78. The van der Waals surface area contributed by atoms with Crippen LogP contribution in [0.1, 0.15) is 5.56 Å². The monoisotopic (exact) mass is 260 g/mol. The Hall–Kier alpha value is -1.07. The number of carboxylic acid groups (broad SMARTS) is 1. The van der Waals surface area contributed by atoms with Crippen LogP contribution in [0.3, 0.4) is 0 Å². The van der Waals surface area contributed by atoms with Crippen molar-refractivity contribution in [3.8, 4) is 5.75 Å². The molecule has 0 heterocycles.